The predicted octanol–water partition coefficient (Wildman–Crippen LogP) is 3.24. The smallest absolute Gasteiger partial charge is 0.191 e. The standard InChI is InChI=1S/C19H31N3O2S.HI/c1-4-25(23)18-7-5-6-16(14-18)22-19(20-3)21-12-13-24-17-10-8-15(2)9-11-17;/h8-11,16,18H,4-7,12-14H2,1-3H3,(H2,20,21,22);1H. The Morgan fingerprint density at radius 3 is 2.69 bits per heavy atom. The van der Waals surface area contributed by atoms with Crippen molar-refractivity contribution < 1.29 is 8.95 Å². The number of nitrogens with one attached hydrogen (secondary N) is 2. The molecule has 3 atom stereocenters. The lowest BCUT2D eigenvalue weighted by atomic mass is 9.95. The molecule has 0 saturated heterocycles. The van der Waals surface area contributed by atoms with E-state index in [4.69, 9.17) is 4.74 Å². The highest BCUT2D eigenvalue weighted by Gasteiger charge is 2.25. The molecule has 5 nitrogen and oxygen atoms in total. The molecule has 1 saturated carbocycles. The van der Waals surface area contributed by atoms with Gasteiger partial charge < -0.3 is 15.4 Å². The van der Waals surface area contributed by atoms with Gasteiger partial charge in [-0.2, -0.15) is 0 Å². The minimum absolute atomic E-state index is 0. The third-order valence-corrected chi connectivity index (χ3v) is 6.27. The first-order valence-corrected chi connectivity index (χ1v) is 10.5. The molecule has 1 aliphatic carbocycles. The highest BCUT2D eigenvalue weighted by molar-refractivity contribution is 14.0. The predicted molar refractivity (Wildman–Crippen MR) is 121 cm³/mol. The molecule has 26 heavy (non-hydrogen) atoms. The van der Waals surface area contributed by atoms with Crippen LogP contribution in [0.5, 0.6) is 5.75 Å². The lowest BCUT2D eigenvalue weighted by Gasteiger charge is -2.30. The highest BCUT2D eigenvalue weighted by atomic mass is 127. The zero-order valence-corrected chi connectivity index (χ0v) is 19.1. The van der Waals surface area contributed by atoms with Gasteiger partial charge in [-0.3, -0.25) is 9.20 Å². The molecule has 1 aromatic rings. The monoisotopic (exact) mass is 493 g/mol. The summed E-state index contributed by atoms with van der Waals surface area (Å²) < 4.78 is 17.8. The molecular formula is C19H32IN3O2S. The first-order chi connectivity index (χ1) is 12.1. The maximum Gasteiger partial charge on any atom is 0.191 e. The molecule has 7 heteroatoms. The van der Waals surface area contributed by atoms with E-state index in [-0.39, 0.29) is 24.0 Å². The van der Waals surface area contributed by atoms with E-state index in [9.17, 15) is 4.21 Å². The summed E-state index contributed by atoms with van der Waals surface area (Å²) in [5.74, 6) is 2.42. The number of ether oxygens (including phenoxy) is 1. The van der Waals surface area contributed by atoms with E-state index in [1.54, 1.807) is 7.05 Å². The number of hydrogen-bond donors (Lipinski definition) is 2. The van der Waals surface area contributed by atoms with E-state index in [1.807, 2.05) is 31.2 Å². The Labute approximate surface area is 177 Å². The van der Waals surface area contributed by atoms with Gasteiger partial charge in [0.05, 0.1) is 6.54 Å². The number of guanidine groups is 1. The molecule has 1 aliphatic rings. The van der Waals surface area contributed by atoms with Crippen molar-refractivity contribution in [3.8, 4) is 5.75 Å². The number of aryl methyl sites for hydroxylation is 1. The van der Waals surface area contributed by atoms with Crippen LogP contribution in [0.2, 0.25) is 0 Å². The normalized spacial score (nSPS) is 21.4. The average molecular weight is 493 g/mol. The second-order valence-corrected chi connectivity index (χ2v) is 8.47. The molecule has 0 radical (unpaired) electrons. The molecule has 148 valence electrons. The van der Waals surface area contributed by atoms with E-state index in [2.05, 4.69) is 22.5 Å². The fraction of sp³-hybridized carbons (Fsp3) is 0.632. The molecule has 3 unspecified atom stereocenters. The maximum atomic E-state index is 12.1. The minimum Gasteiger partial charge on any atom is -0.492 e. The van der Waals surface area contributed by atoms with Crippen LogP contribution in [0.15, 0.2) is 29.3 Å². The maximum absolute atomic E-state index is 12.1. The Hall–Kier alpha value is -0.830. The Morgan fingerprint density at radius 1 is 1.31 bits per heavy atom. The van der Waals surface area contributed by atoms with Crippen LogP contribution >= 0.6 is 24.0 Å². The van der Waals surface area contributed by atoms with Gasteiger partial charge in [0.15, 0.2) is 5.96 Å². The molecule has 2 rings (SSSR count). The SMILES string of the molecule is CCS(=O)C1CCCC(NC(=NC)NCCOc2ccc(C)cc2)C1.I. The third kappa shape index (κ3) is 7.82. The van der Waals surface area contributed by atoms with Gasteiger partial charge in [0.1, 0.15) is 12.4 Å². The molecule has 0 heterocycles. The van der Waals surface area contributed by atoms with Crippen molar-refractivity contribution in [2.75, 3.05) is 26.0 Å². The molecule has 0 spiro atoms. The summed E-state index contributed by atoms with van der Waals surface area (Å²) in [6.07, 6.45) is 4.27. The zero-order chi connectivity index (χ0) is 18.1. The molecule has 0 aliphatic heterocycles. The topological polar surface area (TPSA) is 62.7 Å². The van der Waals surface area contributed by atoms with Crippen LogP contribution in [0.3, 0.4) is 0 Å². The molecule has 2 N–H and O–H groups in total. The number of hydrogen-bond acceptors (Lipinski definition) is 3. The van der Waals surface area contributed by atoms with Crippen LogP contribution < -0.4 is 15.4 Å². The summed E-state index contributed by atoms with van der Waals surface area (Å²) in [6, 6.07) is 8.40. The van der Waals surface area contributed by atoms with Gasteiger partial charge in [-0.15, -0.1) is 24.0 Å². The minimum atomic E-state index is -0.701. The first-order valence-electron chi connectivity index (χ1n) is 9.16. The third-order valence-electron chi connectivity index (χ3n) is 4.53. The van der Waals surface area contributed by atoms with E-state index >= 15 is 0 Å². The average Bonchev–Trinajstić information content (AvgIpc) is 2.65. The zero-order valence-electron chi connectivity index (χ0n) is 16.0. The van der Waals surface area contributed by atoms with Gasteiger partial charge in [0.25, 0.3) is 0 Å². The lowest BCUT2D eigenvalue weighted by molar-refractivity contribution is 0.321. The second-order valence-electron chi connectivity index (χ2n) is 6.46. The van der Waals surface area contributed by atoms with Crippen LogP contribution in [-0.4, -0.2) is 47.4 Å². The Bertz CT molecular complexity index is 581. The summed E-state index contributed by atoms with van der Waals surface area (Å²) in [4.78, 5) is 4.29. The second kappa shape index (κ2) is 12.5. The number of aliphatic imine (C=N–C) groups is 1. The van der Waals surface area contributed by atoms with Crippen molar-refractivity contribution >= 4 is 40.7 Å². The van der Waals surface area contributed by atoms with E-state index in [0.717, 1.165) is 43.1 Å². The fourth-order valence-electron chi connectivity index (χ4n) is 3.11. The summed E-state index contributed by atoms with van der Waals surface area (Å²) in [6.45, 7) is 5.33. The molecule has 1 aromatic carbocycles. The van der Waals surface area contributed by atoms with Crippen molar-refractivity contribution in [1.82, 2.24) is 10.6 Å². The van der Waals surface area contributed by atoms with Gasteiger partial charge in [-0.25, -0.2) is 0 Å². The van der Waals surface area contributed by atoms with Crippen LogP contribution in [0.4, 0.5) is 0 Å². The highest BCUT2D eigenvalue weighted by Crippen LogP contribution is 2.22. The number of rotatable bonds is 7. The molecule has 1 fully saturated rings. The Morgan fingerprint density at radius 2 is 2.04 bits per heavy atom. The largest absolute Gasteiger partial charge is 0.492 e. The van der Waals surface area contributed by atoms with E-state index in [1.165, 1.54) is 5.56 Å². The molecule has 0 amide bonds. The van der Waals surface area contributed by atoms with Crippen LogP contribution in [0, 0.1) is 6.92 Å². The number of nitrogens with zero attached hydrogens (tertiary/aromatic N) is 1. The van der Waals surface area contributed by atoms with E-state index in [0.29, 0.717) is 24.4 Å². The summed E-state index contributed by atoms with van der Waals surface area (Å²) in [5, 5.41) is 7.08. The van der Waals surface area contributed by atoms with Crippen molar-refractivity contribution in [2.45, 2.75) is 50.8 Å². The van der Waals surface area contributed by atoms with Crippen molar-refractivity contribution in [1.29, 1.82) is 0 Å². The first kappa shape index (κ1) is 23.2. The van der Waals surface area contributed by atoms with Crippen molar-refractivity contribution in [3.05, 3.63) is 29.8 Å². The number of halogens is 1. The van der Waals surface area contributed by atoms with Gasteiger partial charge >= 0.3 is 0 Å². The molecular weight excluding hydrogens is 461 g/mol. The summed E-state index contributed by atoms with van der Waals surface area (Å²) in [5.41, 5.74) is 1.23. The van der Waals surface area contributed by atoms with Crippen LogP contribution in [0.1, 0.15) is 38.2 Å². The van der Waals surface area contributed by atoms with Crippen molar-refractivity contribution in [2.24, 2.45) is 4.99 Å². The Kier molecular flexibility index (Phi) is 11.2. The quantitative estimate of drug-likeness (QED) is 0.265. The fourth-order valence-corrected chi connectivity index (χ4v) is 4.46. The van der Waals surface area contributed by atoms with Gasteiger partial charge in [0.2, 0.25) is 0 Å². The van der Waals surface area contributed by atoms with Gasteiger partial charge in [-0.1, -0.05) is 31.0 Å². The van der Waals surface area contributed by atoms with Gasteiger partial charge in [-0.05, 0) is 38.3 Å². The van der Waals surface area contributed by atoms with Crippen molar-refractivity contribution in [3.63, 3.8) is 0 Å². The van der Waals surface area contributed by atoms with Crippen LogP contribution in [0.25, 0.3) is 0 Å². The van der Waals surface area contributed by atoms with Gasteiger partial charge in [0, 0.05) is 34.9 Å². The summed E-state index contributed by atoms with van der Waals surface area (Å²) in [7, 11) is 1.08. The van der Waals surface area contributed by atoms with Crippen LogP contribution in [-0.2, 0) is 10.8 Å². The molecule has 0 bridgehead atoms. The number of benzene rings is 1. The summed E-state index contributed by atoms with van der Waals surface area (Å²) >= 11 is 0. The lowest BCUT2D eigenvalue weighted by Crippen LogP contribution is -2.47. The van der Waals surface area contributed by atoms with E-state index < -0.39 is 10.8 Å². The Balaban J connectivity index is 0.00000338. The molecule has 0 aromatic heterocycles.